The van der Waals surface area contributed by atoms with Gasteiger partial charge in [0.15, 0.2) is 5.78 Å². The van der Waals surface area contributed by atoms with Gasteiger partial charge in [0.2, 0.25) is 0 Å². The Kier molecular flexibility index (Phi) is 4.52. The van der Waals surface area contributed by atoms with Crippen molar-refractivity contribution in [3.8, 4) is 5.69 Å². The van der Waals surface area contributed by atoms with Crippen LogP contribution in [-0.2, 0) is 0 Å². The van der Waals surface area contributed by atoms with E-state index in [9.17, 15) is 4.79 Å². The number of fused-ring (bicyclic) bond motifs is 1. The number of likely N-dealkylation sites (tertiary alicyclic amines) is 1. The van der Waals surface area contributed by atoms with Gasteiger partial charge in [-0.15, -0.1) is 0 Å². The maximum Gasteiger partial charge on any atom is 0.182 e. The largest absolute Gasteiger partial charge is 0.315 e. The molecule has 2 saturated heterocycles. The van der Waals surface area contributed by atoms with Gasteiger partial charge in [0.1, 0.15) is 5.82 Å². The normalized spacial score (nSPS) is 25.1. The average molecular weight is 389 g/mol. The summed E-state index contributed by atoms with van der Waals surface area (Å²) in [5, 5.41) is 3.45. The van der Waals surface area contributed by atoms with E-state index in [0.29, 0.717) is 6.04 Å². The van der Waals surface area contributed by atoms with Crippen LogP contribution in [0.4, 0.5) is 0 Å². The summed E-state index contributed by atoms with van der Waals surface area (Å²) < 4.78 is 2.15. The molecule has 2 fully saturated rings. The molecule has 0 aliphatic carbocycles. The van der Waals surface area contributed by atoms with Crippen molar-refractivity contribution in [2.24, 2.45) is 0 Å². The molecule has 1 N–H and O–H groups in total. The fourth-order valence-electron chi connectivity index (χ4n) is 5.26. The number of hydrogen-bond acceptors (Lipinski definition) is 4. The maximum absolute atomic E-state index is 13.5. The van der Waals surface area contributed by atoms with Crippen LogP contribution in [0.5, 0.6) is 0 Å². The summed E-state index contributed by atoms with van der Waals surface area (Å²) in [6, 6.07) is 16.7. The van der Waals surface area contributed by atoms with Gasteiger partial charge in [0.25, 0.3) is 0 Å². The number of hydrogen-bond donors (Lipinski definition) is 1. The van der Waals surface area contributed by atoms with Gasteiger partial charge in [-0.25, -0.2) is 4.98 Å². The summed E-state index contributed by atoms with van der Waals surface area (Å²) in [7, 11) is 0. The summed E-state index contributed by atoms with van der Waals surface area (Å²) in [5.74, 6) is 1.20. The number of para-hydroxylation sites is 2. The number of imidazole rings is 1. The summed E-state index contributed by atoms with van der Waals surface area (Å²) in [6.07, 6.45) is 3.17. The Bertz CT molecular complexity index is 1050. The summed E-state index contributed by atoms with van der Waals surface area (Å²) in [6.45, 7) is 7.23. The molecule has 1 aromatic heterocycles. The molecule has 0 radical (unpaired) electrons. The van der Waals surface area contributed by atoms with Crippen molar-refractivity contribution in [3.63, 3.8) is 0 Å². The Morgan fingerprint density at radius 3 is 2.72 bits per heavy atom. The van der Waals surface area contributed by atoms with Crippen LogP contribution in [0.1, 0.15) is 42.4 Å². The fraction of sp³-hybridized carbons (Fsp3) is 0.417. The minimum Gasteiger partial charge on any atom is -0.315 e. The average Bonchev–Trinajstić information content (AvgIpc) is 3.46. The molecule has 29 heavy (non-hydrogen) atoms. The standard InChI is InChI=1S/C24H28N4O/c1-17-26-21-6-3-4-7-22(21)28(17)19-10-8-18(9-11-19)23(29)24(2)13-5-15-27(24)20-12-14-25-16-20/h3-4,6-11,20,25H,5,12-16H2,1-2H3/t20-,24-/m0/s1. The first-order valence-electron chi connectivity index (χ1n) is 10.6. The number of nitrogens with zero attached hydrogens (tertiary/aromatic N) is 3. The molecule has 5 nitrogen and oxygen atoms in total. The molecule has 3 aromatic rings. The van der Waals surface area contributed by atoms with E-state index in [2.05, 4.69) is 32.8 Å². The first-order valence-corrected chi connectivity index (χ1v) is 10.6. The predicted octanol–water partition coefficient (Wildman–Crippen LogP) is 3.73. The zero-order valence-electron chi connectivity index (χ0n) is 17.2. The van der Waals surface area contributed by atoms with Crippen molar-refractivity contribution >= 4 is 16.8 Å². The molecule has 3 heterocycles. The molecule has 0 amide bonds. The van der Waals surface area contributed by atoms with Crippen LogP contribution in [0.15, 0.2) is 48.5 Å². The Hall–Kier alpha value is -2.50. The Morgan fingerprint density at radius 1 is 1.17 bits per heavy atom. The number of benzene rings is 2. The molecule has 5 rings (SSSR count). The maximum atomic E-state index is 13.5. The van der Waals surface area contributed by atoms with Crippen LogP contribution in [0.3, 0.4) is 0 Å². The van der Waals surface area contributed by atoms with Crippen LogP contribution in [0.25, 0.3) is 16.7 Å². The van der Waals surface area contributed by atoms with E-state index in [0.717, 1.165) is 67.0 Å². The van der Waals surface area contributed by atoms with Gasteiger partial charge in [0.05, 0.1) is 16.6 Å². The van der Waals surface area contributed by atoms with E-state index in [4.69, 9.17) is 0 Å². The predicted molar refractivity (Wildman–Crippen MR) is 116 cm³/mol. The van der Waals surface area contributed by atoms with Gasteiger partial charge in [0, 0.05) is 23.8 Å². The van der Waals surface area contributed by atoms with Crippen LogP contribution in [-0.4, -0.2) is 51.4 Å². The quantitative estimate of drug-likeness (QED) is 0.692. The third kappa shape index (κ3) is 3.00. The van der Waals surface area contributed by atoms with E-state index in [1.807, 2.05) is 49.4 Å². The number of ketones is 1. The number of nitrogens with one attached hydrogen (secondary N) is 1. The lowest BCUT2D eigenvalue weighted by Gasteiger charge is -2.38. The highest BCUT2D eigenvalue weighted by atomic mass is 16.1. The molecule has 150 valence electrons. The molecule has 5 heteroatoms. The molecule has 0 saturated carbocycles. The number of aryl methyl sites for hydroxylation is 1. The van der Waals surface area contributed by atoms with Crippen LogP contribution >= 0.6 is 0 Å². The highest BCUT2D eigenvalue weighted by Crippen LogP contribution is 2.35. The zero-order valence-corrected chi connectivity index (χ0v) is 17.2. The van der Waals surface area contributed by atoms with Gasteiger partial charge in [-0.2, -0.15) is 0 Å². The number of Topliss-reactive ketones (excluding diaryl/α,β-unsaturated/α-hetero) is 1. The van der Waals surface area contributed by atoms with Crippen LogP contribution in [0.2, 0.25) is 0 Å². The van der Waals surface area contributed by atoms with Gasteiger partial charge < -0.3 is 5.32 Å². The number of carbonyl (C=O) groups excluding carboxylic acids is 1. The van der Waals surface area contributed by atoms with E-state index in [1.165, 1.54) is 0 Å². The van der Waals surface area contributed by atoms with Gasteiger partial charge in [-0.1, -0.05) is 12.1 Å². The van der Waals surface area contributed by atoms with E-state index >= 15 is 0 Å². The van der Waals surface area contributed by atoms with Crippen molar-refractivity contribution in [1.82, 2.24) is 19.8 Å². The van der Waals surface area contributed by atoms with Gasteiger partial charge in [-0.05, 0) is 82.6 Å². The lowest BCUT2D eigenvalue weighted by Crippen LogP contribution is -2.53. The van der Waals surface area contributed by atoms with Crippen molar-refractivity contribution in [3.05, 3.63) is 59.9 Å². The van der Waals surface area contributed by atoms with Gasteiger partial charge >= 0.3 is 0 Å². The second-order valence-corrected chi connectivity index (χ2v) is 8.58. The Morgan fingerprint density at radius 2 is 1.97 bits per heavy atom. The first kappa shape index (κ1) is 18.5. The lowest BCUT2D eigenvalue weighted by atomic mass is 9.87. The van der Waals surface area contributed by atoms with E-state index < -0.39 is 5.54 Å². The van der Waals surface area contributed by atoms with Crippen molar-refractivity contribution < 1.29 is 4.79 Å². The molecular weight excluding hydrogens is 360 g/mol. The Labute approximate surface area is 171 Å². The van der Waals surface area contributed by atoms with Gasteiger partial charge in [-0.3, -0.25) is 14.3 Å². The topological polar surface area (TPSA) is 50.2 Å². The number of rotatable bonds is 4. The molecule has 2 aromatic carbocycles. The summed E-state index contributed by atoms with van der Waals surface area (Å²) in [4.78, 5) is 20.6. The molecule has 2 aliphatic heterocycles. The van der Waals surface area contributed by atoms with E-state index in [1.54, 1.807) is 0 Å². The molecule has 0 unspecified atom stereocenters. The fourth-order valence-corrected chi connectivity index (χ4v) is 5.26. The molecule has 0 spiro atoms. The minimum atomic E-state index is -0.393. The van der Waals surface area contributed by atoms with Crippen LogP contribution < -0.4 is 5.32 Å². The zero-order chi connectivity index (χ0) is 20.0. The lowest BCUT2D eigenvalue weighted by molar-refractivity contribution is 0.0616. The minimum absolute atomic E-state index is 0.251. The third-order valence-electron chi connectivity index (χ3n) is 6.78. The van der Waals surface area contributed by atoms with Crippen molar-refractivity contribution in [1.29, 1.82) is 0 Å². The second-order valence-electron chi connectivity index (χ2n) is 8.58. The number of carbonyl (C=O) groups is 1. The SMILES string of the molecule is Cc1nc2ccccc2n1-c1ccc(C(=O)[C@]2(C)CCCN2[C@H]2CCNC2)cc1. The summed E-state index contributed by atoms with van der Waals surface area (Å²) >= 11 is 0. The Balaban J connectivity index is 1.45. The molecule has 2 aliphatic rings. The highest BCUT2D eigenvalue weighted by molar-refractivity contribution is 6.03. The monoisotopic (exact) mass is 388 g/mol. The summed E-state index contributed by atoms with van der Waals surface area (Å²) in [5.41, 5.74) is 3.53. The molecule has 0 bridgehead atoms. The van der Waals surface area contributed by atoms with Crippen LogP contribution in [0, 0.1) is 6.92 Å². The molecular formula is C24H28N4O. The highest BCUT2D eigenvalue weighted by Gasteiger charge is 2.46. The second kappa shape index (κ2) is 7.08. The molecule has 2 atom stereocenters. The van der Waals surface area contributed by atoms with Crippen molar-refractivity contribution in [2.45, 2.75) is 44.7 Å². The smallest absolute Gasteiger partial charge is 0.182 e. The third-order valence-corrected chi connectivity index (χ3v) is 6.78. The first-order chi connectivity index (χ1) is 14.1. The number of aromatic nitrogens is 2. The van der Waals surface area contributed by atoms with E-state index in [-0.39, 0.29) is 5.78 Å². The van der Waals surface area contributed by atoms with Crippen molar-refractivity contribution in [2.75, 3.05) is 19.6 Å².